The minimum Gasteiger partial charge on any atom is -0.391 e. The summed E-state index contributed by atoms with van der Waals surface area (Å²) in [6.45, 7) is 23.4. The van der Waals surface area contributed by atoms with Crippen molar-refractivity contribution in [3.8, 4) is 21.6 Å². The van der Waals surface area contributed by atoms with E-state index in [0.717, 1.165) is 107 Å². The van der Waals surface area contributed by atoms with E-state index >= 15 is 0 Å². The molecule has 3 aromatic carbocycles. The molecule has 3 fully saturated rings. The minimum atomic E-state index is -0.917. The van der Waals surface area contributed by atoms with Gasteiger partial charge in [0.15, 0.2) is 0 Å². The molecule has 0 aliphatic carbocycles. The Morgan fingerprint density at radius 1 is 0.819 bits per heavy atom. The van der Waals surface area contributed by atoms with Gasteiger partial charge >= 0.3 is 0 Å². The van der Waals surface area contributed by atoms with Crippen molar-refractivity contribution in [3.05, 3.63) is 127 Å². The zero-order chi connectivity index (χ0) is 59.4. The fraction of sp³-hybridized carbons (Fsp3) is 0.516. The summed E-state index contributed by atoms with van der Waals surface area (Å²) in [6.07, 6.45) is 2.73. The summed E-state index contributed by atoms with van der Waals surface area (Å²) < 4.78 is 5.71. The van der Waals surface area contributed by atoms with Gasteiger partial charge in [-0.2, -0.15) is 0 Å². The predicted octanol–water partition coefficient (Wildman–Crippen LogP) is 6.94. The molecule has 0 saturated carbocycles. The molecule has 0 spiro atoms. The zero-order valence-corrected chi connectivity index (χ0v) is 50.6. The van der Waals surface area contributed by atoms with Gasteiger partial charge in [0.05, 0.1) is 22.2 Å². The van der Waals surface area contributed by atoms with Crippen LogP contribution in [0.4, 0.5) is 5.69 Å². The average molecular weight is 1160 g/mol. The fourth-order valence-electron chi connectivity index (χ4n) is 11.6. The van der Waals surface area contributed by atoms with Gasteiger partial charge < -0.3 is 50.8 Å². The summed E-state index contributed by atoms with van der Waals surface area (Å²) in [5.41, 5.74) is 11.7. The van der Waals surface area contributed by atoms with Crippen LogP contribution >= 0.6 is 11.3 Å². The number of H-pyrrole nitrogens is 1. The second kappa shape index (κ2) is 28.7. The number of aliphatic hydroxyl groups is 1. The number of thiazole rings is 1. The lowest BCUT2D eigenvalue weighted by Crippen LogP contribution is -2.57. The van der Waals surface area contributed by atoms with Crippen molar-refractivity contribution < 1.29 is 33.8 Å². The summed E-state index contributed by atoms with van der Waals surface area (Å²) in [7, 11) is 0. The van der Waals surface area contributed by atoms with E-state index in [0.29, 0.717) is 62.7 Å². The third-order valence-corrected chi connectivity index (χ3v) is 17.5. The molecular weight excluding hydrogens is 1070 g/mol. The monoisotopic (exact) mass is 1150 g/mol. The first-order chi connectivity index (χ1) is 39.8. The fourth-order valence-corrected chi connectivity index (χ4v) is 12.4. The van der Waals surface area contributed by atoms with Gasteiger partial charge in [-0.3, -0.25) is 33.7 Å². The molecular formula is C64H86N10O8S. The molecule has 0 radical (unpaired) electrons. The maximum Gasteiger partial charge on any atom is 0.253 e. The Balaban J connectivity index is 0.753. The molecule has 5 aromatic rings. The number of aromatic amines is 1. The summed E-state index contributed by atoms with van der Waals surface area (Å²) >= 11 is 1.58. The molecule has 3 aliphatic heterocycles. The number of β-amino-alcohol motifs (C(OH)–C–C–N with tert-alkyl or cyclic N) is 1. The van der Waals surface area contributed by atoms with Crippen molar-refractivity contribution in [2.75, 3.05) is 70.5 Å². The van der Waals surface area contributed by atoms with Crippen LogP contribution in [0.1, 0.15) is 122 Å². The number of rotatable bonds is 23. The number of carbonyl (C=O) groups is 5. The lowest BCUT2D eigenvalue weighted by molar-refractivity contribution is -0.144. The van der Waals surface area contributed by atoms with Crippen molar-refractivity contribution in [2.45, 2.75) is 144 Å². The Morgan fingerprint density at radius 2 is 1.51 bits per heavy atom. The minimum absolute atomic E-state index is 0.00246. The van der Waals surface area contributed by atoms with Crippen LogP contribution in [-0.4, -0.2) is 149 Å². The molecule has 5 amide bonds. The molecule has 6 N–H and O–H groups in total. The van der Waals surface area contributed by atoms with Gasteiger partial charge in [-0.15, -0.1) is 11.3 Å². The van der Waals surface area contributed by atoms with Gasteiger partial charge in [0.25, 0.3) is 11.5 Å². The number of hydrogen-bond acceptors (Lipinski definition) is 13. The van der Waals surface area contributed by atoms with Crippen LogP contribution in [0.3, 0.4) is 0 Å². The van der Waals surface area contributed by atoms with Gasteiger partial charge in [0.1, 0.15) is 12.1 Å². The smallest absolute Gasteiger partial charge is 0.253 e. The largest absolute Gasteiger partial charge is 0.391 e. The van der Waals surface area contributed by atoms with E-state index in [9.17, 15) is 33.9 Å². The van der Waals surface area contributed by atoms with Crippen LogP contribution in [0.5, 0.6) is 0 Å². The third-order valence-electron chi connectivity index (χ3n) is 16.5. The number of hydrogen-bond donors (Lipinski definition) is 6. The number of carbonyl (C=O) groups excluding carboxylic acids is 5. The van der Waals surface area contributed by atoms with Crippen molar-refractivity contribution >= 4 is 46.6 Å². The van der Waals surface area contributed by atoms with Gasteiger partial charge in [-0.25, -0.2) is 4.98 Å². The first kappa shape index (κ1) is 62.3. The summed E-state index contributed by atoms with van der Waals surface area (Å²) in [6, 6.07) is 21.1. The number of anilines is 1. The Hall–Kier alpha value is -6.77. The van der Waals surface area contributed by atoms with Gasteiger partial charge in [0, 0.05) is 133 Å². The third kappa shape index (κ3) is 16.5. The molecule has 3 atom stereocenters. The molecule has 0 unspecified atom stereocenters. The zero-order valence-electron chi connectivity index (χ0n) is 49.8. The van der Waals surface area contributed by atoms with Crippen LogP contribution in [0.2, 0.25) is 0 Å². The standard InChI is InChI=1S/C64H86N10O8S/c1-9-73(50-22-30-82-31-23-50)54-34-49(33-52(43(54)4)60(78)67-37-53-41(2)32-42(3)69-61(53)79)47-17-15-46(16-18-47)38-72-28-26-71(27-29-72)25-21-56(76)65-24-11-10-12-57(77)70-59(64(6,7)8)63(81)74-39-51(75)35-55(74)62(80)66-36-45-13-19-48(20-14-45)58-44(5)68-40-83-58/h13-20,32-34,40,50-51,55,59,75H,9-12,21-31,35-39H2,1-8H3,(H,65,76)(H,66,80)(H,67,78)(H,69,79)(H,70,77)/t51-,55+,59-/m1/s1. The number of nitrogens with one attached hydrogen (secondary N) is 5. The average Bonchev–Trinajstić information content (AvgIpc) is 4.18. The topological polar surface area (TPSA) is 222 Å². The molecule has 83 heavy (non-hydrogen) atoms. The lowest BCUT2D eigenvalue weighted by Gasteiger charge is -2.37. The van der Waals surface area contributed by atoms with E-state index in [1.807, 2.05) is 90.4 Å². The second-order valence-corrected chi connectivity index (χ2v) is 24.6. The number of aliphatic hydroxyl groups excluding tert-OH is 1. The number of pyridine rings is 1. The molecule has 2 aromatic heterocycles. The quantitative estimate of drug-likeness (QED) is 0.0367. The highest BCUT2D eigenvalue weighted by Crippen LogP contribution is 2.35. The number of amides is 5. The highest BCUT2D eigenvalue weighted by Gasteiger charge is 2.44. The molecule has 5 heterocycles. The van der Waals surface area contributed by atoms with Crippen LogP contribution in [0.15, 0.2) is 77.0 Å². The highest BCUT2D eigenvalue weighted by atomic mass is 32.1. The molecule has 446 valence electrons. The summed E-state index contributed by atoms with van der Waals surface area (Å²) in [4.78, 5) is 97.6. The van der Waals surface area contributed by atoms with Gasteiger partial charge in [-0.05, 0) is 123 Å². The maximum atomic E-state index is 14.1. The summed E-state index contributed by atoms with van der Waals surface area (Å²) in [5, 5.41) is 22.6. The Kier molecular flexibility index (Phi) is 21.5. The Morgan fingerprint density at radius 3 is 2.17 bits per heavy atom. The number of likely N-dealkylation sites (tertiary alicyclic amines) is 1. The first-order valence-corrected chi connectivity index (χ1v) is 30.5. The van der Waals surface area contributed by atoms with E-state index in [2.05, 4.69) is 83.2 Å². The highest BCUT2D eigenvalue weighted by molar-refractivity contribution is 7.13. The van der Waals surface area contributed by atoms with E-state index < -0.39 is 29.5 Å². The second-order valence-electron chi connectivity index (χ2n) is 23.7. The van der Waals surface area contributed by atoms with E-state index in [-0.39, 0.29) is 61.7 Å². The van der Waals surface area contributed by atoms with E-state index in [1.54, 1.807) is 11.3 Å². The van der Waals surface area contributed by atoms with Crippen molar-refractivity contribution in [1.82, 2.24) is 45.9 Å². The number of ether oxygens (including phenoxy) is 1. The van der Waals surface area contributed by atoms with E-state index in [4.69, 9.17) is 4.74 Å². The Labute approximate surface area is 493 Å². The Bertz CT molecular complexity index is 3100. The van der Waals surface area contributed by atoms with Crippen LogP contribution in [-0.2, 0) is 43.5 Å². The van der Waals surface area contributed by atoms with E-state index in [1.165, 1.54) is 10.5 Å². The van der Waals surface area contributed by atoms with Crippen molar-refractivity contribution in [2.24, 2.45) is 5.41 Å². The molecule has 19 heteroatoms. The molecule has 18 nitrogen and oxygen atoms in total. The molecule has 0 bridgehead atoms. The van der Waals surface area contributed by atoms with Crippen LogP contribution < -0.4 is 31.7 Å². The lowest BCUT2D eigenvalue weighted by atomic mass is 9.85. The first-order valence-electron chi connectivity index (χ1n) is 29.6. The molecule has 3 saturated heterocycles. The number of piperazine rings is 1. The SMILES string of the molecule is CCN(c1cc(-c2ccc(CN3CCN(CCC(=O)NCCCCC(=O)N[C@H](C(=O)N4C[C@H](O)C[C@H]4C(=O)NCc4ccc(-c5scnc5C)cc4)C(C)(C)C)CC3)cc2)cc(C(=O)NCc2c(C)cc(C)[nH]c2=O)c1C)C1CCOCC1. The van der Waals surface area contributed by atoms with Crippen molar-refractivity contribution in [1.29, 1.82) is 0 Å². The van der Waals surface area contributed by atoms with Gasteiger partial charge in [0.2, 0.25) is 23.6 Å². The number of aryl methyl sites for hydroxylation is 3. The van der Waals surface area contributed by atoms with Crippen LogP contribution in [0.25, 0.3) is 21.6 Å². The number of aromatic nitrogens is 2. The van der Waals surface area contributed by atoms with Crippen LogP contribution in [0, 0.1) is 33.1 Å². The predicted molar refractivity (Wildman–Crippen MR) is 326 cm³/mol. The number of nitrogens with zero attached hydrogens (tertiary/aromatic N) is 5. The molecule has 8 rings (SSSR count). The van der Waals surface area contributed by atoms with Crippen molar-refractivity contribution in [3.63, 3.8) is 0 Å². The number of unbranched alkanes of at least 4 members (excludes halogenated alkanes) is 1. The number of benzene rings is 3. The maximum absolute atomic E-state index is 14.1. The summed E-state index contributed by atoms with van der Waals surface area (Å²) in [5.74, 6) is -1.31. The normalized spacial score (nSPS) is 17.5. The van der Waals surface area contributed by atoms with Gasteiger partial charge in [-0.1, -0.05) is 69.3 Å². The molecule has 3 aliphatic rings.